The monoisotopic (exact) mass is 332 g/mol. The molecule has 2 N–H and O–H groups in total. The molecule has 0 atom stereocenters. The number of phenolic OH excluding ortho intramolecular Hbond substituents is 1. The number of aromatic hydroxyl groups is 1. The Hall–Kier alpha value is -2.73. The number of phenols is 1. The van der Waals surface area contributed by atoms with Gasteiger partial charge >= 0.3 is 0 Å². The summed E-state index contributed by atoms with van der Waals surface area (Å²) in [7, 11) is 3.00. The van der Waals surface area contributed by atoms with Gasteiger partial charge in [0.25, 0.3) is 5.56 Å². The van der Waals surface area contributed by atoms with E-state index in [4.69, 9.17) is 21.1 Å². The average molecular weight is 333 g/mol. The van der Waals surface area contributed by atoms with Gasteiger partial charge < -0.3 is 19.6 Å². The van der Waals surface area contributed by atoms with Gasteiger partial charge in [0.15, 0.2) is 11.5 Å². The first-order chi connectivity index (χ1) is 11.0. The van der Waals surface area contributed by atoms with Crippen LogP contribution in [0.5, 0.6) is 17.2 Å². The zero-order valence-electron chi connectivity index (χ0n) is 12.4. The number of halogens is 1. The van der Waals surface area contributed by atoms with Crippen LogP contribution in [0.25, 0.3) is 22.3 Å². The van der Waals surface area contributed by atoms with Crippen molar-refractivity contribution in [2.45, 2.75) is 0 Å². The fourth-order valence-electron chi connectivity index (χ4n) is 2.31. The third-order valence-corrected chi connectivity index (χ3v) is 3.58. The normalized spacial score (nSPS) is 10.7. The molecule has 7 heteroatoms. The average Bonchev–Trinajstić information content (AvgIpc) is 2.52. The minimum Gasteiger partial charge on any atom is -0.508 e. The number of rotatable bonds is 3. The van der Waals surface area contributed by atoms with E-state index in [-0.39, 0.29) is 11.3 Å². The molecule has 3 rings (SSSR count). The van der Waals surface area contributed by atoms with E-state index in [0.29, 0.717) is 38.8 Å². The van der Waals surface area contributed by atoms with Gasteiger partial charge in [-0.1, -0.05) is 11.6 Å². The van der Waals surface area contributed by atoms with Crippen LogP contribution >= 0.6 is 11.6 Å². The smallest absolute Gasteiger partial charge is 0.259 e. The van der Waals surface area contributed by atoms with Crippen molar-refractivity contribution in [1.29, 1.82) is 0 Å². The summed E-state index contributed by atoms with van der Waals surface area (Å²) >= 11 is 5.93. The summed E-state index contributed by atoms with van der Waals surface area (Å²) in [6.45, 7) is 0. The molecule has 1 aromatic heterocycles. The van der Waals surface area contributed by atoms with Gasteiger partial charge in [-0.05, 0) is 24.3 Å². The van der Waals surface area contributed by atoms with Crippen LogP contribution in [0.1, 0.15) is 0 Å². The summed E-state index contributed by atoms with van der Waals surface area (Å²) in [5.41, 5.74) is 0.620. The lowest BCUT2D eigenvalue weighted by Crippen LogP contribution is -2.10. The van der Waals surface area contributed by atoms with Gasteiger partial charge in [0, 0.05) is 16.7 Å². The first-order valence-electron chi connectivity index (χ1n) is 6.68. The predicted octanol–water partition coefficient (Wildman–Crippen LogP) is 2.97. The lowest BCUT2D eigenvalue weighted by molar-refractivity contribution is 0.355. The Balaban J connectivity index is 2.26. The molecule has 0 amide bonds. The standard InChI is InChI=1S/C16H13ClN2O4/c1-22-13-6-11-12(7-14(13)23-2)18-15(19-16(11)21)8-3-9(17)5-10(20)4-8/h3-7,20H,1-2H3,(H,18,19,21). The summed E-state index contributed by atoms with van der Waals surface area (Å²) in [5.74, 6) is 1.20. The highest BCUT2D eigenvalue weighted by molar-refractivity contribution is 6.31. The molecule has 0 aliphatic rings. The van der Waals surface area contributed by atoms with Crippen LogP contribution in [0, 0.1) is 0 Å². The van der Waals surface area contributed by atoms with E-state index in [0.717, 1.165) is 0 Å². The molecular weight excluding hydrogens is 320 g/mol. The van der Waals surface area contributed by atoms with Crippen molar-refractivity contribution < 1.29 is 14.6 Å². The predicted molar refractivity (Wildman–Crippen MR) is 87.6 cm³/mol. The fourth-order valence-corrected chi connectivity index (χ4v) is 2.54. The van der Waals surface area contributed by atoms with Gasteiger partial charge in [-0.15, -0.1) is 0 Å². The summed E-state index contributed by atoms with van der Waals surface area (Å²) in [5, 5.41) is 10.4. The molecule has 0 spiro atoms. The highest BCUT2D eigenvalue weighted by Crippen LogP contribution is 2.31. The molecule has 3 aromatic rings. The van der Waals surface area contributed by atoms with E-state index >= 15 is 0 Å². The molecule has 2 aromatic carbocycles. The molecule has 0 saturated heterocycles. The van der Waals surface area contributed by atoms with Crippen LogP contribution < -0.4 is 15.0 Å². The molecular formula is C16H13ClN2O4. The van der Waals surface area contributed by atoms with Crippen molar-refractivity contribution in [3.05, 3.63) is 45.7 Å². The molecule has 0 aliphatic carbocycles. The van der Waals surface area contributed by atoms with Gasteiger partial charge in [0.2, 0.25) is 0 Å². The Kier molecular flexibility index (Phi) is 3.83. The maximum atomic E-state index is 12.3. The van der Waals surface area contributed by atoms with Gasteiger partial charge in [-0.25, -0.2) is 4.98 Å². The zero-order chi connectivity index (χ0) is 16.6. The van der Waals surface area contributed by atoms with E-state index in [2.05, 4.69) is 9.97 Å². The van der Waals surface area contributed by atoms with Crippen LogP contribution in [0.2, 0.25) is 5.02 Å². The van der Waals surface area contributed by atoms with Gasteiger partial charge in [0.05, 0.1) is 25.1 Å². The molecule has 118 valence electrons. The van der Waals surface area contributed by atoms with Crippen LogP contribution in [-0.4, -0.2) is 29.3 Å². The summed E-state index contributed by atoms with van der Waals surface area (Å²) in [4.78, 5) is 19.4. The lowest BCUT2D eigenvalue weighted by atomic mass is 10.1. The van der Waals surface area contributed by atoms with Gasteiger partial charge in [0.1, 0.15) is 11.6 Å². The molecule has 0 fully saturated rings. The van der Waals surface area contributed by atoms with E-state index in [1.165, 1.54) is 26.4 Å². The lowest BCUT2D eigenvalue weighted by Gasteiger charge is -2.09. The maximum absolute atomic E-state index is 12.3. The SMILES string of the molecule is COc1cc2nc(-c3cc(O)cc(Cl)c3)[nH]c(=O)c2cc1OC. The molecule has 0 aliphatic heterocycles. The van der Waals surface area contributed by atoms with Crippen LogP contribution in [0.3, 0.4) is 0 Å². The first kappa shape index (κ1) is 15.2. The molecule has 23 heavy (non-hydrogen) atoms. The zero-order valence-corrected chi connectivity index (χ0v) is 13.1. The number of nitrogens with zero attached hydrogens (tertiary/aromatic N) is 1. The third kappa shape index (κ3) is 2.80. The minimum atomic E-state index is -0.328. The summed E-state index contributed by atoms with van der Waals surface area (Å²) in [6, 6.07) is 7.66. The summed E-state index contributed by atoms with van der Waals surface area (Å²) in [6.07, 6.45) is 0. The first-order valence-corrected chi connectivity index (χ1v) is 7.05. The number of fused-ring (bicyclic) bond motifs is 1. The number of aromatic amines is 1. The number of H-pyrrole nitrogens is 1. The Bertz CT molecular complexity index is 932. The number of hydrogen-bond acceptors (Lipinski definition) is 5. The van der Waals surface area contributed by atoms with Crippen molar-refractivity contribution in [1.82, 2.24) is 9.97 Å². The number of hydrogen-bond donors (Lipinski definition) is 2. The quantitative estimate of drug-likeness (QED) is 0.770. The van der Waals surface area contributed by atoms with Gasteiger partial charge in [-0.3, -0.25) is 4.79 Å². The Labute approximate surface area is 136 Å². The number of benzene rings is 2. The van der Waals surface area contributed by atoms with Crippen LogP contribution in [-0.2, 0) is 0 Å². The molecule has 0 unspecified atom stereocenters. The van der Waals surface area contributed by atoms with Crippen molar-refractivity contribution >= 4 is 22.5 Å². The second-order valence-electron chi connectivity index (χ2n) is 4.84. The molecule has 6 nitrogen and oxygen atoms in total. The van der Waals surface area contributed by atoms with Crippen molar-refractivity contribution in [3.8, 4) is 28.6 Å². The van der Waals surface area contributed by atoms with Crippen LogP contribution in [0.15, 0.2) is 35.1 Å². The number of ether oxygens (including phenoxy) is 2. The Morgan fingerprint density at radius 3 is 2.43 bits per heavy atom. The van der Waals surface area contributed by atoms with E-state index in [1.54, 1.807) is 18.2 Å². The Morgan fingerprint density at radius 1 is 1.09 bits per heavy atom. The number of methoxy groups -OCH3 is 2. The number of nitrogens with one attached hydrogen (secondary N) is 1. The number of aromatic nitrogens is 2. The van der Waals surface area contributed by atoms with E-state index < -0.39 is 0 Å². The highest BCUT2D eigenvalue weighted by Gasteiger charge is 2.12. The molecule has 1 heterocycles. The minimum absolute atomic E-state index is 0.0115. The highest BCUT2D eigenvalue weighted by atomic mass is 35.5. The van der Waals surface area contributed by atoms with Crippen molar-refractivity contribution in [3.63, 3.8) is 0 Å². The summed E-state index contributed by atoms with van der Waals surface area (Å²) < 4.78 is 10.4. The topological polar surface area (TPSA) is 84.4 Å². The van der Waals surface area contributed by atoms with E-state index in [9.17, 15) is 9.90 Å². The Morgan fingerprint density at radius 2 is 1.78 bits per heavy atom. The van der Waals surface area contributed by atoms with Crippen molar-refractivity contribution in [2.24, 2.45) is 0 Å². The molecule has 0 saturated carbocycles. The van der Waals surface area contributed by atoms with Gasteiger partial charge in [-0.2, -0.15) is 0 Å². The fraction of sp³-hybridized carbons (Fsp3) is 0.125. The maximum Gasteiger partial charge on any atom is 0.259 e. The van der Waals surface area contributed by atoms with Crippen molar-refractivity contribution in [2.75, 3.05) is 14.2 Å². The van der Waals surface area contributed by atoms with E-state index in [1.807, 2.05) is 0 Å². The van der Waals surface area contributed by atoms with Crippen LogP contribution in [0.4, 0.5) is 0 Å². The second-order valence-corrected chi connectivity index (χ2v) is 5.27. The molecule has 0 bridgehead atoms. The second kappa shape index (κ2) is 5.81. The third-order valence-electron chi connectivity index (χ3n) is 3.37. The largest absolute Gasteiger partial charge is 0.508 e. The molecule has 0 radical (unpaired) electrons.